The molecule has 0 spiro atoms. The molecule has 1 aliphatic carbocycles. The molecule has 7 nitrogen and oxygen atoms in total. The number of rotatable bonds is 7. The molecule has 1 N–H and O–H groups in total. The number of amides is 1. The fourth-order valence-electron chi connectivity index (χ4n) is 5.49. The lowest BCUT2D eigenvalue weighted by Gasteiger charge is -2.39. The number of fused-ring (bicyclic) bond motifs is 1. The Labute approximate surface area is 201 Å². The maximum absolute atomic E-state index is 13.3. The van der Waals surface area contributed by atoms with Crippen molar-refractivity contribution in [2.75, 3.05) is 26.8 Å². The SMILES string of the molecule is CN(Cc1ccco1)C(=O)c1nn(C)c2c1CC(NCC1(c3ccccc3)CCOCC1)CC2. The minimum Gasteiger partial charge on any atom is -0.467 e. The van der Waals surface area contributed by atoms with Gasteiger partial charge in [0.1, 0.15) is 5.76 Å². The molecule has 1 atom stereocenters. The summed E-state index contributed by atoms with van der Waals surface area (Å²) in [5, 5.41) is 8.52. The number of nitrogens with zero attached hydrogens (tertiary/aromatic N) is 3. The molecule has 1 aliphatic heterocycles. The van der Waals surface area contributed by atoms with Crippen LogP contribution in [0.5, 0.6) is 0 Å². The van der Waals surface area contributed by atoms with Gasteiger partial charge in [-0.1, -0.05) is 30.3 Å². The van der Waals surface area contributed by atoms with E-state index in [0.29, 0.717) is 18.3 Å². The van der Waals surface area contributed by atoms with Crippen molar-refractivity contribution in [1.82, 2.24) is 20.0 Å². The van der Waals surface area contributed by atoms with Crippen molar-refractivity contribution >= 4 is 5.91 Å². The van der Waals surface area contributed by atoms with Crippen molar-refractivity contribution in [1.29, 1.82) is 0 Å². The standard InChI is InChI=1S/C27H34N4O3/c1-30(18-22-9-6-14-34-22)26(32)25-23-17-21(10-11-24(23)31(2)29-25)28-19-27(12-15-33-16-13-27)20-7-4-3-5-8-20/h3-9,14,21,28H,10-13,15-19H2,1-2H3. The molecule has 0 saturated carbocycles. The van der Waals surface area contributed by atoms with Crippen molar-refractivity contribution in [2.45, 2.75) is 50.1 Å². The van der Waals surface area contributed by atoms with Gasteiger partial charge < -0.3 is 19.4 Å². The van der Waals surface area contributed by atoms with Gasteiger partial charge in [-0.2, -0.15) is 5.10 Å². The Morgan fingerprint density at radius 3 is 2.74 bits per heavy atom. The van der Waals surface area contributed by atoms with E-state index in [9.17, 15) is 4.79 Å². The zero-order chi connectivity index (χ0) is 23.5. The highest BCUT2D eigenvalue weighted by Gasteiger charge is 2.36. The van der Waals surface area contributed by atoms with Gasteiger partial charge in [-0.15, -0.1) is 0 Å². The van der Waals surface area contributed by atoms with E-state index < -0.39 is 0 Å². The third-order valence-electron chi connectivity index (χ3n) is 7.54. The molecule has 1 saturated heterocycles. The Hall–Kier alpha value is -2.90. The van der Waals surface area contributed by atoms with Gasteiger partial charge in [0.25, 0.3) is 5.91 Å². The van der Waals surface area contributed by atoms with E-state index in [1.807, 2.05) is 23.9 Å². The number of hydrogen-bond donors (Lipinski definition) is 1. The van der Waals surface area contributed by atoms with E-state index in [4.69, 9.17) is 9.15 Å². The number of nitrogens with one attached hydrogen (secondary N) is 1. The quantitative estimate of drug-likeness (QED) is 0.582. The van der Waals surface area contributed by atoms with E-state index in [1.165, 1.54) is 11.3 Å². The van der Waals surface area contributed by atoms with Crippen molar-refractivity contribution in [3.05, 3.63) is 77.0 Å². The number of aromatic nitrogens is 2. The fourth-order valence-corrected chi connectivity index (χ4v) is 5.49. The molecule has 3 aromatic rings. The maximum Gasteiger partial charge on any atom is 0.274 e. The highest BCUT2D eigenvalue weighted by atomic mass is 16.5. The third-order valence-corrected chi connectivity index (χ3v) is 7.54. The summed E-state index contributed by atoms with van der Waals surface area (Å²) in [5.41, 5.74) is 4.32. The molecule has 7 heteroatoms. The van der Waals surface area contributed by atoms with Crippen LogP contribution in [0, 0.1) is 0 Å². The average Bonchev–Trinajstić information content (AvgIpc) is 3.51. The normalized spacial score (nSPS) is 19.5. The van der Waals surface area contributed by atoms with Gasteiger partial charge in [-0.25, -0.2) is 0 Å². The largest absolute Gasteiger partial charge is 0.467 e. The number of furan rings is 1. The Bertz CT molecular complexity index is 1100. The van der Waals surface area contributed by atoms with Crippen LogP contribution in [0.15, 0.2) is 53.1 Å². The van der Waals surface area contributed by atoms with Crippen LogP contribution in [0.4, 0.5) is 0 Å². The molecule has 3 heterocycles. The van der Waals surface area contributed by atoms with E-state index >= 15 is 0 Å². The first-order valence-corrected chi connectivity index (χ1v) is 12.2. The monoisotopic (exact) mass is 462 g/mol. The predicted molar refractivity (Wildman–Crippen MR) is 130 cm³/mol. The highest BCUT2D eigenvalue weighted by Crippen LogP contribution is 2.35. The smallest absolute Gasteiger partial charge is 0.274 e. The van der Waals surface area contributed by atoms with Gasteiger partial charge in [0.2, 0.25) is 0 Å². The van der Waals surface area contributed by atoms with Gasteiger partial charge >= 0.3 is 0 Å². The molecule has 1 amide bonds. The second-order valence-corrected chi connectivity index (χ2v) is 9.72. The fraction of sp³-hybridized carbons (Fsp3) is 0.481. The lowest BCUT2D eigenvalue weighted by atomic mass is 9.73. The van der Waals surface area contributed by atoms with Crippen LogP contribution in [0.3, 0.4) is 0 Å². The lowest BCUT2D eigenvalue weighted by Crippen LogP contribution is -2.47. The third kappa shape index (κ3) is 4.55. The number of carbonyl (C=O) groups is 1. The molecule has 2 aromatic heterocycles. The second kappa shape index (κ2) is 9.76. The molecule has 0 bridgehead atoms. The van der Waals surface area contributed by atoms with Crippen LogP contribution < -0.4 is 5.32 Å². The average molecular weight is 463 g/mol. The molecular weight excluding hydrogens is 428 g/mol. The van der Waals surface area contributed by atoms with Gasteiger partial charge in [0.05, 0.1) is 12.8 Å². The number of aryl methyl sites for hydroxylation is 1. The van der Waals surface area contributed by atoms with Gasteiger partial charge in [-0.05, 0) is 49.8 Å². The first-order chi connectivity index (χ1) is 16.6. The Morgan fingerprint density at radius 1 is 1.21 bits per heavy atom. The molecule has 1 aromatic carbocycles. The van der Waals surface area contributed by atoms with Gasteiger partial charge in [0.15, 0.2) is 5.69 Å². The number of carbonyl (C=O) groups excluding carboxylic acids is 1. The summed E-state index contributed by atoms with van der Waals surface area (Å²) >= 11 is 0. The van der Waals surface area contributed by atoms with E-state index in [0.717, 1.165) is 63.2 Å². The van der Waals surface area contributed by atoms with E-state index in [1.54, 1.807) is 18.2 Å². The molecular formula is C27H34N4O3. The second-order valence-electron chi connectivity index (χ2n) is 9.72. The Morgan fingerprint density at radius 2 is 2.00 bits per heavy atom. The zero-order valence-electron chi connectivity index (χ0n) is 20.1. The molecule has 1 unspecified atom stereocenters. The minimum atomic E-state index is -0.0564. The van der Waals surface area contributed by atoms with Crippen LogP contribution in [0.2, 0.25) is 0 Å². The zero-order valence-corrected chi connectivity index (χ0v) is 20.1. The highest BCUT2D eigenvalue weighted by molar-refractivity contribution is 5.94. The van der Waals surface area contributed by atoms with E-state index in [2.05, 4.69) is 40.7 Å². The molecule has 34 heavy (non-hydrogen) atoms. The van der Waals surface area contributed by atoms with Crippen LogP contribution in [-0.2, 0) is 36.6 Å². The lowest BCUT2D eigenvalue weighted by molar-refractivity contribution is 0.0486. The summed E-state index contributed by atoms with van der Waals surface area (Å²) in [6.45, 7) is 2.95. The first-order valence-electron chi connectivity index (χ1n) is 12.2. The van der Waals surface area contributed by atoms with Crippen LogP contribution in [-0.4, -0.2) is 53.4 Å². The summed E-state index contributed by atoms with van der Waals surface area (Å²) in [4.78, 5) is 15.0. The van der Waals surface area contributed by atoms with Crippen LogP contribution in [0.25, 0.3) is 0 Å². The molecule has 5 rings (SSSR count). The predicted octanol–water partition coefficient (Wildman–Crippen LogP) is 3.48. The van der Waals surface area contributed by atoms with Crippen LogP contribution in [0.1, 0.15) is 52.3 Å². The number of hydrogen-bond acceptors (Lipinski definition) is 5. The Kier molecular flexibility index (Phi) is 6.57. The molecule has 1 fully saturated rings. The summed E-state index contributed by atoms with van der Waals surface area (Å²) in [6.07, 6.45) is 6.47. The molecule has 2 aliphatic rings. The summed E-state index contributed by atoms with van der Waals surface area (Å²) in [7, 11) is 3.75. The summed E-state index contributed by atoms with van der Waals surface area (Å²) in [5.74, 6) is 0.710. The van der Waals surface area contributed by atoms with Gasteiger partial charge in [-0.3, -0.25) is 9.48 Å². The van der Waals surface area contributed by atoms with Crippen molar-refractivity contribution in [3.8, 4) is 0 Å². The molecule has 180 valence electrons. The summed E-state index contributed by atoms with van der Waals surface area (Å²) in [6, 6.07) is 14.9. The number of benzene rings is 1. The number of ether oxygens (including phenoxy) is 1. The van der Waals surface area contributed by atoms with Gasteiger partial charge in [0, 0.05) is 56.6 Å². The van der Waals surface area contributed by atoms with E-state index in [-0.39, 0.29) is 11.3 Å². The first kappa shape index (κ1) is 22.9. The molecule has 0 radical (unpaired) electrons. The maximum atomic E-state index is 13.3. The Balaban J connectivity index is 1.30. The van der Waals surface area contributed by atoms with Crippen molar-refractivity contribution in [2.24, 2.45) is 7.05 Å². The van der Waals surface area contributed by atoms with Crippen LogP contribution >= 0.6 is 0 Å². The minimum absolute atomic E-state index is 0.0564. The van der Waals surface area contributed by atoms with Crippen molar-refractivity contribution < 1.29 is 13.9 Å². The topological polar surface area (TPSA) is 72.5 Å². The summed E-state index contributed by atoms with van der Waals surface area (Å²) < 4.78 is 13.0. The van der Waals surface area contributed by atoms with Crippen molar-refractivity contribution in [3.63, 3.8) is 0 Å².